The molecule has 1 amide bonds. The van der Waals surface area contributed by atoms with Crippen molar-refractivity contribution in [2.75, 3.05) is 19.7 Å². The number of Topliss-reactive ketones (excluding diaryl/α,β-unsaturated/α-hetero) is 1. The summed E-state index contributed by atoms with van der Waals surface area (Å²) in [4.78, 5) is 26.7. The van der Waals surface area contributed by atoms with Crippen molar-refractivity contribution < 1.29 is 19.4 Å². The monoisotopic (exact) mass is 403 g/mol. The fourth-order valence-electron chi connectivity index (χ4n) is 2.51. The van der Waals surface area contributed by atoms with Gasteiger partial charge in [-0.2, -0.15) is 0 Å². The fourth-order valence-corrected chi connectivity index (χ4v) is 2.81. The van der Waals surface area contributed by atoms with Crippen molar-refractivity contribution in [1.82, 2.24) is 4.90 Å². The average Bonchev–Trinajstić information content (AvgIpc) is 2.54. The van der Waals surface area contributed by atoms with Crippen LogP contribution in [0.3, 0.4) is 0 Å². The Morgan fingerprint density at radius 3 is 2.38 bits per heavy atom. The minimum Gasteiger partial charge on any atom is -0.444 e. The molecule has 1 N–H and O–H groups in total. The lowest BCUT2D eigenvalue weighted by Gasteiger charge is -2.29. The second kappa shape index (κ2) is 10.1. The number of amides is 1. The second-order valence-corrected chi connectivity index (χ2v) is 7.94. The largest absolute Gasteiger partial charge is 0.444 e. The van der Waals surface area contributed by atoms with Crippen LogP contribution in [0.15, 0.2) is 18.2 Å². The minimum atomic E-state index is -0.654. The summed E-state index contributed by atoms with van der Waals surface area (Å²) in [5, 5.41) is 9.98. The molecule has 0 spiro atoms. The van der Waals surface area contributed by atoms with Crippen molar-refractivity contribution >= 4 is 35.1 Å². The fraction of sp³-hybridized carbons (Fsp3) is 0.579. The number of hydrogen-bond donors (Lipinski definition) is 1. The highest BCUT2D eigenvalue weighted by atomic mass is 35.5. The molecule has 1 aromatic rings. The maximum absolute atomic E-state index is 12.9. The Labute approximate surface area is 165 Å². The highest BCUT2D eigenvalue weighted by molar-refractivity contribution is 6.42. The number of nitrogens with zero attached hydrogens (tertiary/aromatic N) is 1. The van der Waals surface area contributed by atoms with Crippen molar-refractivity contribution in [1.29, 1.82) is 0 Å². The Hall–Kier alpha value is -1.30. The van der Waals surface area contributed by atoms with Gasteiger partial charge < -0.3 is 14.7 Å². The van der Waals surface area contributed by atoms with Gasteiger partial charge in [0.05, 0.1) is 16.7 Å². The molecule has 0 aliphatic heterocycles. The smallest absolute Gasteiger partial charge is 0.410 e. The standard InChI is InChI=1S/C19H27Cl2NO4/c1-5-6-14(17(24)13-7-8-15(20)16(21)11-13)12-22(9-10-23)18(25)26-19(2,3)4/h7-8,11,14,23H,5-6,9-10,12H2,1-4H3/t14-/m1/s1. The Bertz CT molecular complexity index is 628. The van der Waals surface area contributed by atoms with Crippen LogP contribution in [0.2, 0.25) is 10.0 Å². The highest BCUT2D eigenvalue weighted by Gasteiger charge is 2.28. The molecule has 0 fully saturated rings. The van der Waals surface area contributed by atoms with E-state index in [4.69, 9.17) is 27.9 Å². The summed E-state index contributed by atoms with van der Waals surface area (Å²) >= 11 is 11.9. The quantitative estimate of drug-likeness (QED) is 0.631. The van der Waals surface area contributed by atoms with E-state index in [2.05, 4.69) is 0 Å². The Morgan fingerprint density at radius 1 is 1.23 bits per heavy atom. The summed E-state index contributed by atoms with van der Waals surface area (Å²) in [6, 6.07) is 4.75. The van der Waals surface area contributed by atoms with Crippen LogP contribution in [0.4, 0.5) is 4.79 Å². The van der Waals surface area contributed by atoms with Gasteiger partial charge in [-0.05, 0) is 45.4 Å². The lowest BCUT2D eigenvalue weighted by molar-refractivity contribution is 0.0188. The summed E-state index contributed by atoms with van der Waals surface area (Å²) in [5.41, 5.74) is -0.204. The first-order valence-corrected chi connectivity index (χ1v) is 9.42. The van der Waals surface area contributed by atoms with Crippen molar-refractivity contribution in [3.05, 3.63) is 33.8 Å². The Balaban J connectivity index is 2.99. The second-order valence-electron chi connectivity index (χ2n) is 7.13. The van der Waals surface area contributed by atoms with Gasteiger partial charge in [-0.1, -0.05) is 36.5 Å². The molecule has 7 heteroatoms. The van der Waals surface area contributed by atoms with Crippen LogP contribution in [0.5, 0.6) is 0 Å². The molecule has 0 aliphatic carbocycles. The van der Waals surface area contributed by atoms with Crippen LogP contribution >= 0.6 is 23.2 Å². The first-order valence-electron chi connectivity index (χ1n) is 8.67. The van der Waals surface area contributed by atoms with E-state index in [1.165, 1.54) is 4.90 Å². The van der Waals surface area contributed by atoms with Crippen molar-refractivity contribution in [2.24, 2.45) is 5.92 Å². The molecule has 0 unspecified atom stereocenters. The molecule has 1 atom stereocenters. The molecule has 26 heavy (non-hydrogen) atoms. The summed E-state index contributed by atoms with van der Waals surface area (Å²) < 4.78 is 5.38. The van der Waals surface area contributed by atoms with Crippen molar-refractivity contribution in [2.45, 2.75) is 46.1 Å². The van der Waals surface area contributed by atoms with Crippen molar-refractivity contribution in [3.8, 4) is 0 Å². The van der Waals surface area contributed by atoms with E-state index in [9.17, 15) is 14.7 Å². The van der Waals surface area contributed by atoms with Crippen molar-refractivity contribution in [3.63, 3.8) is 0 Å². The third-order valence-corrected chi connectivity index (χ3v) is 4.41. The van der Waals surface area contributed by atoms with Gasteiger partial charge in [0.1, 0.15) is 5.60 Å². The van der Waals surface area contributed by atoms with E-state index in [0.717, 1.165) is 6.42 Å². The molecule has 0 aliphatic rings. The first kappa shape index (κ1) is 22.7. The maximum Gasteiger partial charge on any atom is 0.410 e. The summed E-state index contributed by atoms with van der Waals surface area (Å²) in [6.07, 6.45) is 0.831. The van der Waals surface area contributed by atoms with Crippen LogP contribution < -0.4 is 0 Å². The topological polar surface area (TPSA) is 66.8 Å². The number of aliphatic hydroxyl groups is 1. The van der Waals surface area contributed by atoms with Gasteiger partial charge in [0.25, 0.3) is 0 Å². The molecule has 0 radical (unpaired) electrons. The van der Waals surface area contributed by atoms with E-state index in [1.807, 2.05) is 6.92 Å². The number of rotatable bonds is 8. The zero-order valence-corrected chi connectivity index (χ0v) is 17.2. The van der Waals surface area contributed by atoms with Gasteiger partial charge in [-0.25, -0.2) is 4.79 Å². The summed E-state index contributed by atoms with van der Waals surface area (Å²) in [7, 11) is 0. The normalized spacial score (nSPS) is 12.6. The van der Waals surface area contributed by atoms with E-state index in [-0.39, 0.29) is 25.5 Å². The van der Waals surface area contributed by atoms with Crippen LogP contribution in [0.1, 0.15) is 50.9 Å². The highest BCUT2D eigenvalue weighted by Crippen LogP contribution is 2.25. The number of ketones is 1. The number of benzene rings is 1. The van der Waals surface area contributed by atoms with Gasteiger partial charge in [-0.3, -0.25) is 4.79 Å². The number of carbonyl (C=O) groups is 2. The van der Waals surface area contributed by atoms with Gasteiger partial charge in [0.2, 0.25) is 0 Å². The zero-order chi connectivity index (χ0) is 19.9. The molecule has 0 bridgehead atoms. The lowest BCUT2D eigenvalue weighted by Crippen LogP contribution is -2.42. The molecule has 0 heterocycles. The third kappa shape index (κ3) is 7.14. The number of halogens is 2. The zero-order valence-electron chi connectivity index (χ0n) is 15.7. The molecule has 0 aromatic heterocycles. The summed E-state index contributed by atoms with van der Waals surface area (Å²) in [6.45, 7) is 7.34. The number of ether oxygens (including phenoxy) is 1. The molecule has 1 rings (SSSR count). The number of carbonyl (C=O) groups excluding carboxylic acids is 2. The predicted molar refractivity (Wildman–Crippen MR) is 104 cm³/mol. The van der Waals surface area contributed by atoms with Crippen LogP contribution in [0, 0.1) is 5.92 Å². The van der Waals surface area contributed by atoms with Gasteiger partial charge in [-0.15, -0.1) is 0 Å². The van der Waals surface area contributed by atoms with Gasteiger partial charge in [0, 0.05) is 24.6 Å². The number of aliphatic hydroxyl groups excluding tert-OH is 1. The average molecular weight is 404 g/mol. The molecule has 0 saturated heterocycles. The molecule has 5 nitrogen and oxygen atoms in total. The Morgan fingerprint density at radius 2 is 1.88 bits per heavy atom. The van der Waals surface area contributed by atoms with E-state index < -0.39 is 17.6 Å². The lowest BCUT2D eigenvalue weighted by atomic mass is 9.93. The van der Waals surface area contributed by atoms with Gasteiger partial charge >= 0.3 is 6.09 Å². The maximum atomic E-state index is 12.9. The van der Waals surface area contributed by atoms with Gasteiger partial charge in [0.15, 0.2) is 5.78 Å². The van der Waals surface area contributed by atoms with Crippen LogP contribution in [-0.4, -0.2) is 47.2 Å². The van der Waals surface area contributed by atoms with E-state index in [0.29, 0.717) is 22.0 Å². The molecular weight excluding hydrogens is 377 g/mol. The SMILES string of the molecule is CCC[C@H](CN(CCO)C(=O)OC(C)(C)C)C(=O)c1ccc(Cl)c(Cl)c1. The first-order chi connectivity index (χ1) is 12.1. The van der Waals surface area contributed by atoms with E-state index >= 15 is 0 Å². The van der Waals surface area contributed by atoms with Crippen LogP contribution in [-0.2, 0) is 4.74 Å². The molecule has 146 valence electrons. The molecule has 0 saturated carbocycles. The van der Waals surface area contributed by atoms with E-state index in [1.54, 1.807) is 39.0 Å². The molecule has 1 aromatic carbocycles. The van der Waals surface area contributed by atoms with Crippen LogP contribution in [0.25, 0.3) is 0 Å². The number of hydrogen-bond acceptors (Lipinski definition) is 4. The Kier molecular flexibility index (Phi) is 8.87. The molecular formula is C19H27Cl2NO4. The summed E-state index contributed by atoms with van der Waals surface area (Å²) in [5.74, 6) is -0.534. The predicted octanol–water partition coefficient (Wildman–Crippen LogP) is 4.82. The third-order valence-electron chi connectivity index (χ3n) is 3.67. The minimum absolute atomic E-state index is 0.101.